The van der Waals surface area contributed by atoms with Crippen molar-refractivity contribution in [3.05, 3.63) is 81.9 Å². The Morgan fingerprint density at radius 1 is 1.10 bits per heavy atom. The number of rotatable bonds is 6. The molecule has 0 aliphatic carbocycles. The first-order chi connectivity index (χ1) is 14.5. The summed E-state index contributed by atoms with van der Waals surface area (Å²) >= 11 is 6.48. The first kappa shape index (κ1) is 20.6. The lowest BCUT2D eigenvalue weighted by Crippen LogP contribution is -2.18. The molecule has 0 unspecified atom stereocenters. The van der Waals surface area contributed by atoms with Crippen LogP contribution >= 0.6 is 11.6 Å². The number of likely N-dealkylation sites (tertiary alicyclic amines) is 1. The van der Waals surface area contributed by atoms with Crippen molar-refractivity contribution < 1.29 is 9.18 Å². The van der Waals surface area contributed by atoms with Crippen molar-refractivity contribution in [3.63, 3.8) is 0 Å². The predicted octanol–water partition coefficient (Wildman–Crippen LogP) is 4.88. The second kappa shape index (κ2) is 8.98. The summed E-state index contributed by atoms with van der Waals surface area (Å²) in [6.07, 6.45) is 2.49. The molecular weight excluding hydrogens is 403 g/mol. The van der Waals surface area contributed by atoms with E-state index in [1.165, 1.54) is 30.5 Å². The topological polar surface area (TPSA) is 50.2 Å². The summed E-state index contributed by atoms with van der Waals surface area (Å²) in [6, 6.07) is 14.0. The average Bonchev–Trinajstić information content (AvgIpc) is 3.31. The van der Waals surface area contributed by atoms with Gasteiger partial charge in [0.05, 0.1) is 17.8 Å². The van der Waals surface area contributed by atoms with Crippen LogP contribution in [-0.2, 0) is 13.1 Å². The standard InChI is InChI=1S/C23H24ClFN4O/c1-16-21(22(24)29(27-16)15-17-7-9-19(25)10-8-17)23(30)26-20-6-4-5-18(13-20)14-28-11-2-3-12-28/h4-10,13H,2-3,11-12,14-15H2,1H3,(H,26,30). The van der Waals surface area contributed by atoms with Crippen LogP contribution in [0, 0.1) is 12.7 Å². The molecule has 0 atom stereocenters. The van der Waals surface area contributed by atoms with Gasteiger partial charge in [0.15, 0.2) is 0 Å². The minimum Gasteiger partial charge on any atom is -0.322 e. The minimum absolute atomic E-state index is 0.266. The molecule has 3 aromatic rings. The Bertz CT molecular complexity index is 1040. The summed E-state index contributed by atoms with van der Waals surface area (Å²) in [5.74, 6) is -0.588. The van der Waals surface area contributed by atoms with Crippen LogP contribution in [0.15, 0.2) is 48.5 Å². The van der Waals surface area contributed by atoms with Gasteiger partial charge in [-0.1, -0.05) is 35.9 Å². The van der Waals surface area contributed by atoms with E-state index in [1.807, 2.05) is 18.2 Å². The Morgan fingerprint density at radius 2 is 1.83 bits per heavy atom. The minimum atomic E-state index is -0.298. The van der Waals surface area contributed by atoms with Crippen LogP contribution in [0.25, 0.3) is 0 Å². The lowest BCUT2D eigenvalue weighted by atomic mass is 10.1. The highest BCUT2D eigenvalue weighted by molar-refractivity contribution is 6.33. The molecule has 1 amide bonds. The van der Waals surface area contributed by atoms with E-state index in [2.05, 4.69) is 21.4 Å². The van der Waals surface area contributed by atoms with Crippen molar-refractivity contribution in [3.8, 4) is 0 Å². The SMILES string of the molecule is Cc1nn(Cc2ccc(F)cc2)c(Cl)c1C(=O)Nc1cccc(CN2CCCC2)c1. The lowest BCUT2D eigenvalue weighted by molar-refractivity contribution is 0.102. The highest BCUT2D eigenvalue weighted by Crippen LogP contribution is 2.23. The molecule has 0 saturated carbocycles. The molecule has 30 heavy (non-hydrogen) atoms. The number of nitrogens with zero attached hydrogens (tertiary/aromatic N) is 3. The number of carbonyl (C=O) groups excluding carboxylic acids is 1. The number of anilines is 1. The Morgan fingerprint density at radius 3 is 2.57 bits per heavy atom. The molecule has 7 heteroatoms. The van der Waals surface area contributed by atoms with E-state index in [0.717, 1.165) is 30.9 Å². The maximum absolute atomic E-state index is 13.1. The summed E-state index contributed by atoms with van der Waals surface area (Å²) in [7, 11) is 0. The third-order valence-electron chi connectivity index (χ3n) is 5.33. The van der Waals surface area contributed by atoms with Gasteiger partial charge in [0.1, 0.15) is 11.0 Å². The first-order valence-electron chi connectivity index (χ1n) is 10.1. The van der Waals surface area contributed by atoms with Gasteiger partial charge < -0.3 is 5.32 Å². The molecule has 1 saturated heterocycles. The van der Waals surface area contributed by atoms with Crippen molar-refractivity contribution in [2.24, 2.45) is 0 Å². The van der Waals surface area contributed by atoms with E-state index >= 15 is 0 Å². The molecule has 1 fully saturated rings. The van der Waals surface area contributed by atoms with Gasteiger partial charge >= 0.3 is 0 Å². The van der Waals surface area contributed by atoms with Crippen LogP contribution in [0.1, 0.15) is 40.0 Å². The van der Waals surface area contributed by atoms with Gasteiger partial charge in [-0.25, -0.2) is 9.07 Å². The third kappa shape index (κ3) is 4.71. The maximum Gasteiger partial charge on any atom is 0.260 e. The zero-order valence-electron chi connectivity index (χ0n) is 16.9. The fourth-order valence-corrected chi connectivity index (χ4v) is 4.14. The van der Waals surface area contributed by atoms with E-state index in [9.17, 15) is 9.18 Å². The fourth-order valence-electron chi connectivity index (χ4n) is 3.82. The quantitative estimate of drug-likeness (QED) is 0.611. The van der Waals surface area contributed by atoms with Crippen molar-refractivity contribution in [1.29, 1.82) is 0 Å². The second-order valence-corrected chi connectivity index (χ2v) is 8.03. The smallest absolute Gasteiger partial charge is 0.260 e. The number of hydrogen-bond donors (Lipinski definition) is 1. The van der Waals surface area contributed by atoms with Crippen molar-refractivity contribution in [1.82, 2.24) is 14.7 Å². The number of nitrogens with one attached hydrogen (secondary N) is 1. The van der Waals surface area contributed by atoms with Crippen molar-refractivity contribution in [2.45, 2.75) is 32.9 Å². The zero-order valence-corrected chi connectivity index (χ0v) is 17.6. The summed E-state index contributed by atoms with van der Waals surface area (Å²) in [5.41, 5.74) is 3.65. The van der Waals surface area contributed by atoms with E-state index in [1.54, 1.807) is 23.7 Å². The molecule has 156 valence electrons. The monoisotopic (exact) mass is 426 g/mol. The van der Waals surface area contributed by atoms with Gasteiger partial charge in [-0.15, -0.1) is 0 Å². The van der Waals surface area contributed by atoms with Gasteiger partial charge in [-0.3, -0.25) is 9.69 Å². The number of amides is 1. The molecule has 5 nitrogen and oxygen atoms in total. The largest absolute Gasteiger partial charge is 0.322 e. The second-order valence-electron chi connectivity index (χ2n) is 7.67. The number of carbonyl (C=O) groups is 1. The lowest BCUT2D eigenvalue weighted by Gasteiger charge is -2.15. The van der Waals surface area contributed by atoms with Gasteiger partial charge in [0.2, 0.25) is 0 Å². The van der Waals surface area contributed by atoms with Crippen molar-refractivity contribution in [2.75, 3.05) is 18.4 Å². The maximum atomic E-state index is 13.1. The highest BCUT2D eigenvalue weighted by Gasteiger charge is 2.21. The number of aryl methyl sites for hydroxylation is 1. The Labute approximate surface area is 180 Å². The van der Waals surface area contributed by atoms with Gasteiger partial charge in [-0.2, -0.15) is 5.10 Å². The molecule has 0 bridgehead atoms. The first-order valence-corrected chi connectivity index (χ1v) is 10.5. The summed E-state index contributed by atoms with van der Waals surface area (Å²) in [4.78, 5) is 15.3. The average molecular weight is 427 g/mol. The van der Waals surface area contributed by atoms with Crippen LogP contribution in [0.5, 0.6) is 0 Å². The Balaban J connectivity index is 1.48. The zero-order chi connectivity index (χ0) is 21.1. The molecule has 2 heterocycles. The van der Waals surface area contributed by atoms with E-state index in [4.69, 9.17) is 11.6 Å². The number of benzene rings is 2. The predicted molar refractivity (Wildman–Crippen MR) is 116 cm³/mol. The summed E-state index contributed by atoms with van der Waals surface area (Å²) in [6.45, 7) is 5.25. The molecule has 1 N–H and O–H groups in total. The van der Waals surface area contributed by atoms with Gasteiger partial charge in [0.25, 0.3) is 5.91 Å². The number of aromatic nitrogens is 2. The van der Waals surface area contributed by atoms with Crippen LogP contribution in [-0.4, -0.2) is 33.7 Å². The molecular formula is C23H24ClFN4O. The molecule has 1 aliphatic rings. The van der Waals surface area contributed by atoms with Crippen LogP contribution in [0.2, 0.25) is 5.15 Å². The van der Waals surface area contributed by atoms with Gasteiger partial charge in [0, 0.05) is 12.2 Å². The van der Waals surface area contributed by atoms with Crippen LogP contribution < -0.4 is 5.32 Å². The van der Waals surface area contributed by atoms with E-state index in [0.29, 0.717) is 17.8 Å². The molecule has 2 aromatic carbocycles. The normalized spacial score (nSPS) is 14.2. The molecule has 1 aromatic heterocycles. The summed E-state index contributed by atoms with van der Waals surface area (Å²) in [5, 5.41) is 7.61. The number of halogens is 2. The molecule has 4 rings (SSSR count). The third-order valence-corrected chi connectivity index (χ3v) is 5.71. The van der Waals surface area contributed by atoms with Crippen molar-refractivity contribution >= 4 is 23.2 Å². The Kier molecular flexibility index (Phi) is 6.16. The molecule has 0 radical (unpaired) electrons. The van der Waals surface area contributed by atoms with Gasteiger partial charge in [-0.05, 0) is 68.2 Å². The highest BCUT2D eigenvalue weighted by atomic mass is 35.5. The number of hydrogen-bond acceptors (Lipinski definition) is 3. The molecule has 0 spiro atoms. The van der Waals surface area contributed by atoms with Crippen LogP contribution in [0.3, 0.4) is 0 Å². The van der Waals surface area contributed by atoms with E-state index in [-0.39, 0.29) is 16.9 Å². The Hall–Kier alpha value is -2.70. The fraction of sp³-hybridized carbons (Fsp3) is 0.304. The van der Waals surface area contributed by atoms with E-state index < -0.39 is 0 Å². The molecule has 1 aliphatic heterocycles. The van der Waals surface area contributed by atoms with Crippen LogP contribution in [0.4, 0.5) is 10.1 Å². The summed E-state index contributed by atoms with van der Waals surface area (Å²) < 4.78 is 14.7.